The molecule has 1 aromatic heterocycles. The van der Waals surface area contributed by atoms with Crippen LogP contribution in [0.3, 0.4) is 0 Å². The molecule has 0 aliphatic rings. The smallest absolute Gasteiger partial charge is 0.240 e. The van der Waals surface area contributed by atoms with Gasteiger partial charge in [-0.25, -0.2) is 0 Å². The van der Waals surface area contributed by atoms with E-state index >= 15 is 0 Å². The summed E-state index contributed by atoms with van der Waals surface area (Å²) >= 11 is 0. The summed E-state index contributed by atoms with van der Waals surface area (Å²) in [6.07, 6.45) is 3.18. The Morgan fingerprint density at radius 3 is 2.76 bits per heavy atom. The predicted octanol–water partition coefficient (Wildman–Crippen LogP) is 2.81. The van der Waals surface area contributed by atoms with Gasteiger partial charge in [0.15, 0.2) is 5.82 Å². The molecule has 17 heavy (non-hydrogen) atoms. The van der Waals surface area contributed by atoms with Crippen LogP contribution in [-0.4, -0.2) is 28.1 Å². The van der Waals surface area contributed by atoms with E-state index in [9.17, 15) is 0 Å². The zero-order valence-electron chi connectivity index (χ0n) is 11.2. The van der Waals surface area contributed by atoms with Crippen molar-refractivity contribution < 1.29 is 4.52 Å². The first-order chi connectivity index (χ1) is 8.15. The van der Waals surface area contributed by atoms with Crippen molar-refractivity contribution in [1.82, 2.24) is 15.0 Å². The number of aryl methyl sites for hydroxylation is 1. The molecule has 0 atom stereocenters. The Hall–Kier alpha value is -1.16. The second-order valence-corrected chi connectivity index (χ2v) is 4.47. The second-order valence-electron chi connectivity index (χ2n) is 4.47. The minimum atomic E-state index is 0.708. The fraction of sp³-hybridized carbons (Fsp3) is 0.692. The highest BCUT2D eigenvalue weighted by Gasteiger charge is 2.10. The summed E-state index contributed by atoms with van der Waals surface area (Å²) in [4.78, 5) is 6.63. The van der Waals surface area contributed by atoms with Gasteiger partial charge >= 0.3 is 0 Å². The minimum Gasteiger partial charge on any atom is -0.338 e. The predicted molar refractivity (Wildman–Crippen MR) is 68.7 cm³/mol. The Morgan fingerprint density at radius 1 is 1.41 bits per heavy atom. The summed E-state index contributed by atoms with van der Waals surface area (Å²) in [5.41, 5.74) is 1.15. The topological polar surface area (TPSA) is 42.2 Å². The van der Waals surface area contributed by atoms with E-state index in [1.54, 1.807) is 0 Å². The van der Waals surface area contributed by atoms with Crippen LogP contribution >= 0.6 is 0 Å². The van der Waals surface area contributed by atoms with Gasteiger partial charge in [-0.1, -0.05) is 37.6 Å². The highest BCUT2D eigenvalue weighted by Crippen LogP contribution is 2.06. The van der Waals surface area contributed by atoms with Crippen molar-refractivity contribution in [3.63, 3.8) is 0 Å². The molecule has 0 aromatic carbocycles. The number of nitrogens with zero attached hydrogens (tertiary/aromatic N) is 3. The van der Waals surface area contributed by atoms with Crippen LogP contribution in [0.2, 0.25) is 0 Å². The third-order valence-electron chi connectivity index (χ3n) is 2.56. The first-order valence-corrected chi connectivity index (χ1v) is 6.33. The lowest BCUT2D eigenvalue weighted by Gasteiger charge is -2.17. The fourth-order valence-electron chi connectivity index (χ4n) is 1.64. The summed E-state index contributed by atoms with van der Waals surface area (Å²) in [5, 5.41) is 3.99. The summed E-state index contributed by atoms with van der Waals surface area (Å²) in [5.74, 6) is 1.53. The fourth-order valence-corrected chi connectivity index (χ4v) is 1.64. The van der Waals surface area contributed by atoms with Gasteiger partial charge in [-0.2, -0.15) is 4.98 Å². The molecule has 0 N–H and O–H groups in total. The van der Waals surface area contributed by atoms with Crippen LogP contribution < -0.4 is 0 Å². The summed E-state index contributed by atoms with van der Waals surface area (Å²) in [6, 6.07) is 0. The average Bonchev–Trinajstić information content (AvgIpc) is 2.72. The van der Waals surface area contributed by atoms with Crippen LogP contribution in [0, 0.1) is 0 Å². The first-order valence-electron chi connectivity index (χ1n) is 6.33. The largest absolute Gasteiger partial charge is 0.338 e. The molecule has 4 nitrogen and oxygen atoms in total. The van der Waals surface area contributed by atoms with Gasteiger partial charge in [-0.3, -0.25) is 4.90 Å². The molecule has 4 heteroatoms. The molecule has 1 aromatic rings. The number of hydrogen-bond donors (Lipinski definition) is 0. The normalized spacial score (nSPS) is 11.1. The molecule has 0 aliphatic carbocycles. The molecule has 96 valence electrons. The SMILES string of the molecule is C=C(C)CN(CC)Cc1nc(CCCC)no1. The maximum absolute atomic E-state index is 5.24. The molecule has 0 bridgehead atoms. The molecular formula is C13H23N3O. The van der Waals surface area contributed by atoms with Gasteiger partial charge < -0.3 is 4.52 Å². The average molecular weight is 237 g/mol. The van der Waals surface area contributed by atoms with E-state index in [0.29, 0.717) is 12.4 Å². The number of likely N-dealkylation sites (N-methyl/N-ethyl adjacent to an activating group) is 1. The van der Waals surface area contributed by atoms with Gasteiger partial charge in [-0.05, 0) is 19.9 Å². The van der Waals surface area contributed by atoms with Gasteiger partial charge in [0.25, 0.3) is 0 Å². The highest BCUT2D eigenvalue weighted by molar-refractivity contribution is 4.93. The third-order valence-corrected chi connectivity index (χ3v) is 2.56. The van der Waals surface area contributed by atoms with Crippen LogP contribution in [0.15, 0.2) is 16.7 Å². The van der Waals surface area contributed by atoms with Crippen molar-refractivity contribution in [2.24, 2.45) is 0 Å². The molecular weight excluding hydrogens is 214 g/mol. The molecule has 0 saturated heterocycles. The van der Waals surface area contributed by atoms with Crippen molar-refractivity contribution in [2.45, 2.75) is 46.6 Å². The van der Waals surface area contributed by atoms with Crippen LogP contribution in [0.25, 0.3) is 0 Å². The van der Waals surface area contributed by atoms with Crippen LogP contribution in [-0.2, 0) is 13.0 Å². The number of rotatable bonds is 8. The lowest BCUT2D eigenvalue weighted by Crippen LogP contribution is -2.24. The Bertz CT molecular complexity index is 346. The van der Waals surface area contributed by atoms with Crippen molar-refractivity contribution in [3.05, 3.63) is 23.9 Å². The molecule has 0 unspecified atom stereocenters. The Morgan fingerprint density at radius 2 is 2.18 bits per heavy atom. The highest BCUT2D eigenvalue weighted by atomic mass is 16.5. The summed E-state index contributed by atoms with van der Waals surface area (Å²) < 4.78 is 5.24. The maximum atomic E-state index is 5.24. The maximum Gasteiger partial charge on any atom is 0.240 e. The Labute approximate surface area is 104 Å². The minimum absolute atomic E-state index is 0.708. The molecule has 0 amide bonds. The second kappa shape index (κ2) is 7.22. The van der Waals surface area contributed by atoms with E-state index in [4.69, 9.17) is 4.52 Å². The molecule has 1 heterocycles. The molecule has 0 aliphatic heterocycles. The molecule has 0 spiro atoms. The number of aromatic nitrogens is 2. The monoisotopic (exact) mass is 237 g/mol. The standard InChI is InChI=1S/C13H23N3O/c1-5-7-8-12-14-13(17-15-12)10-16(6-2)9-11(3)4/h3,5-10H2,1-2,4H3. The number of hydrogen-bond acceptors (Lipinski definition) is 4. The Kier molecular flexibility index (Phi) is 5.91. The molecule has 0 saturated carbocycles. The summed E-state index contributed by atoms with van der Waals surface area (Å²) in [6.45, 7) is 12.8. The van der Waals surface area contributed by atoms with Crippen molar-refractivity contribution in [3.8, 4) is 0 Å². The molecule has 0 radical (unpaired) electrons. The van der Waals surface area contributed by atoms with Crippen molar-refractivity contribution >= 4 is 0 Å². The van der Waals surface area contributed by atoms with Crippen molar-refractivity contribution in [2.75, 3.05) is 13.1 Å². The van der Waals surface area contributed by atoms with E-state index in [2.05, 4.69) is 35.5 Å². The Balaban J connectivity index is 2.48. The van der Waals surface area contributed by atoms with Gasteiger partial charge in [0, 0.05) is 13.0 Å². The van der Waals surface area contributed by atoms with Gasteiger partial charge in [0.1, 0.15) is 0 Å². The lowest BCUT2D eigenvalue weighted by atomic mass is 10.2. The molecule has 1 rings (SSSR count). The quantitative estimate of drug-likeness (QED) is 0.652. The van der Waals surface area contributed by atoms with Crippen LogP contribution in [0.5, 0.6) is 0 Å². The van der Waals surface area contributed by atoms with E-state index in [0.717, 1.165) is 43.7 Å². The van der Waals surface area contributed by atoms with E-state index < -0.39 is 0 Å². The number of unbranched alkanes of at least 4 members (excludes halogenated alkanes) is 1. The lowest BCUT2D eigenvalue weighted by molar-refractivity contribution is 0.251. The van der Waals surface area contributed by atoms with Crippen molar-refractivity contribution in [1.29, 1.82) is 0 Å². The molecule has 0 fully saturated rings. The third kappa shape index (κ3) is 5.13. The zero-order chi connectivity index (χ0) is 12.7. The zero-order valence-corrected chi connectivity index (χ0v) is 11.2. The van der Waals surface area contributed by atoms with Gasteiger partial charge in [0.05, 0.1) is 6.54 Å². The first kappa shape index (κ1) is 13.9. The van der Waals surface area contributed by atoms with Gasteiger partial charge in [-0.15, -0.1) is 0 Å². The summed E-state index contributed by atoms with van der Waals surface area (Å²) in [7, 11) is 0. The van der Waals surface area contributed by atoms with Gasteiger partial charge in [0.2, 0.25) is 5.89 Å². The van der Waals surface area contributed by atoms with E-state index in [-0.39, 0.29) is 0 Å². The van der Waals surface area contributed by atoms with E-state index in [1.807, 2.05) is 6.92 Å². The van der Waals surface area contributed by atoms with Crippen LogP contribution in [0.1, 0.15) is 45.3 Å². The van der Waals surface area contributed by atoms with E-state index in [1.165, 1.54) is 0 Å². The van der Waals surface area contributed by atoms with Crippen LogP contribution in [0.4, 0.5) is 0 Å².